The number of nitrogens with one attached hydrogen (secondary N) is 1. The van der Waals surface area contributed by atoms with Crippen LogP contribution < -0.4 is 5.32 Å². The van der Waals surface area contributed by atoms with Crippen molar-refractivity contribution < 1.29 is 9.53 Å². The Hall–Kier alpha value is -0.610. The van der Waals surface area contributed by atoms with E-state index < -0.39 is 0 Å². The van der Waals surface area contributed by atoms with E-state index in [0.29, 0.717) is 17.9 Å². The monoisotopic (exact) mass is 308 g/mol. The Kier molecular flexibility index (Phi) is 4.52. The van der Waals surface area contributed by atoms with Gasteiger partial charge in [0.25, 0.3) is 0 Å². The SMILES string of the molecule is CC1(C)[C@@H]2CC[C@@]1(C)[C@H](NC(=O)CCCN1CCOCC1)C2. The maximum Gasteiger partial charge on any atom is 0.220 e. The molecule has 3 rings (SSSR count). The van der Waals surface area contributed by atoms with Gasteiger partial charge in [-0.1, -0.05) is 20.8 Å². The van der Waals surface area contributed by atoms with E-state index in [0.717, 1.165) is 45.2 Å². The number of fused-ring (bicyclic) bond motifs is 2. The maximum atomic E-state index is 12.3. The summed E-state index contributed by atoms with van der Waals surface area (Å²) in [7, 11) is 0. The molecule has 3 atom stereocenters. The predicted molar refractivity (Wildman–Crippen MR) is 87.7 cm³/mol. The summed E-state index contributed by atoms with van der Waals surface area (Å²) in [6.45, 7) is 11.9. The Morgan fingerprint density at radius 3 is 2.59 bits per heavy atom. The van der Waals surface area contributed by atoms with E-state index in [1.807, 2.05) is 0 Å². The van der Waals surface area contributed by atoms with Gasteiger partial charge in [0, 0.05) is 25.6 Å². The van der Waals surface area contributed by atoms with Gasteiger partial charge in [0.15, 0.2) is 0 Å². The van der Waals surface area contributed by atoms with Crippen LogP contribution in [-0.2, 0) is 9.53 Å². The van der Waals surface area contributed by atoms with Crippen LogP contribution in [-0.4, -0.2) is 49.7 Å². The van der Waals surface area contributed by atoms with Gasteiger partial charge in [0.2, 0.25) is 5.91 Å². The molecule has 126 valence electrons. The van der Waals surface area contributed by atoms with Gasteiger partial charge in [0.05, 0.1) is 13.2 Å². The van der Waals surface area contributed by atoms with Crippen LogP contribution in [0.3, 0.4) is 0 Å². The zero-order valence-corrected chi connectivity index (χ0v) is 14.5. The quantitative estimate of drug-likeness (QED) is 0.848. The fraction of sp³-hybridized carbons (Fsp3) is 0.944. The lowest BCUT2D eigenvalue weighted by molar-refractivity contribution is -0.123. The second-order valence-corrected chi connectivity index (χ2v) is 8.29. The Labute approximate surface area is 135 Å². The van der Waals surface area contributed by atoms with Crippen LogP contribution in [0.15, 0.2) is 0 Å². The van der Waals surface area contributed by atoms with Gasteiger partial charge in [-0.15, -0.1) is 0 Å². The fourth-order valence-electron chi connectivity index (χ4n) is 4.98. The van der Waals surface area contributed by atoms with Crippen molar-refractivity contribution in [1.29, 1.82) is 0 Å². The van der Waals surface area contributed by atoms with Crippen LogP contribution in [0, 0.1) is 16.7 Å². The van der Waals surface area contributed by atoms with Crippen molar-refractivity contribution in [1.82, 2.24) is 10.2 Å². The van der Waals surface area contributed by atoms with E-state index in [9.17, 15) is 4.79 Å². The number of morpholine rings is 1. The molecule has 3 fully saturated rings. The standard InChI is InChI=1S/C18H32N2O2/c1-17(2)14-6-7-18(17,3)15(13-14)19-16(21)5-4-8-20-9-11-22-12-10-20/h14-15H,4-13H2,1-3H3,(H,19,21)/t14-,15-,18+/m1/s1. The summed E-state index contributed by atoms with van der Waals surface area (Å²) in [5.74, 6) is 1.04. The highest BCUT2D eigenvalue weighted by atomic mass is 16.5. The van der Waals surface area contributed by atoms with Crippen LogP contribution in [0.25, 0.3) is 0 Å². The molecule has 0 spiro atoms. The van der Waals surface area contributed by atoms with Crippen molar-refractivity contribution in [2.24, 2.45) is 16.7 Å². The van der Waals surface area contributed by atoms with Gasteiger partial charge in [-0.25, -0.2) is 0 Å². The number of nitrogens with zero attached hydrogens (tertiary/aromatic N) is 1. The zero-order chi connectivity index (χ0) is 15.8. The van der Waals surface area contributed by atoms with Crippen molar-refractivity contribution in [2.45, 2.75) is 58.9 Å². The van der Waals surface area contributed by atoms with Crippen molar-refractivity contribution in [3.05, 3.63) is 0 Å². The van der Waals surface area contributed by atoms with Gasteiger partial charge in [-0.05, 0) is 49.0 Å². The summed E-state index contributed by atoms with van der Waals surface area (Å²) >= 11 is 0. The molecule has 2 bridgehead atoms. The topological polar surface area (TPSA) is 41.6 Å². The molecule has 0 aromatic rings. The minimum atomic E-state index is 0.253. The Morgan fingerprint density at radius 1 is 1.27 bits per heavy atom. The molecule has 22 heavy (non-hydrogen) atoms. The molecule has 1 saturated heterocycles. The Morgan fingerprint density at radius 2 is 2.00 bits per heavy atom. The smallest absolute Gasteiger partial charge is 0.220 e. The van der Waals surface area contributed by atoms with Crippen LogP contribution in [0.5, 0.6) is 0 Å². The third-order valence-electron chi connectivity index (χ3n) is 7.11. The number of ether oxygens (including phenoxy) is 1. The van der Waals surface area contributed by atoms with Crippen molar-refractivity contribution in [2.75, 3.05) is 32.8 Å². The van der Waals surface area contributed by atoms with Crippen LogP contribution >= 0.6 is 0 Å². The number of rotatable bonds is 5. The molecule has 0 unspecified atom stereocenters. The van der Waals surface area contributed by atoms with Crippen LogP contribution in [0.4, 0.5) is 0 Å². The maximum absolute atomic E-state index is 12.3. The summed E-state index contributed by atoms with van der Waals surface area (Å²) in [6, 6.07) is 0.386. The van der Waals surface area contributed by atoms with Gasteiger partial charge in [0.1, 0.15) is 0 Å². The number of carbonyl (C=O) groups is 1. The molecule has 0 aromatic carbocycles. The van der Waals surface area contributed by atoms with Crippen molar-refractivity contribution in [3.8, 4) is 0 Å². The first-order valence-corrected chi connectivity index (χ1v) is 9.03. The molecule has 0 aromatic heterocycles. The lowest BCUT2D eigenvalue weighted by Crippen LogP contribution is -2.47. The third kappa shape index (κ3) is 2.80. The number of hydrogen-bond donors (Lipinski definition) is 1. The largest absolute Gasteiger partial charge is 0.379 e. The third-order valence-corrected chi connectivity index (χ3v) is 7.11. The molecule has 1 N–H and O–H groups in total. The van der Waals surface area contributed by atoms with Gasteiger partial charge < -0.3 is 10.1 Å². The number of amides is 1. The summed E-state index contributed by atoms with van der Waals surface area (Å²) < 4.78 is 5.35. The van der Waals surface area contributed by atoms with E-state index in [2.05, 4.69) is 31.0 Å². The molecular weight excluding hydrogens is 276 g/mol. The molecule has 0 radical (unpaired) electrons. The van der Waals surface area contributed by atoms with E-state index in [4.69, 9.17) is 4.74 Å². The molecule has 1 aliphatic heterocycles. The summed E-state index contributed by atoms with van der Waals surface area (Å²) in [5, 5.41) is 3.36. The number of carbonyl (C=O) groups excluding carboxylic acids is 1. The zero-order valence-electron chi connectivity index (χ0n) is 14.5. The van der Waals surface area contributed by atoms with Gasteiger partial charge in [-0.3, -0.25) is 9.69 Å². The van der Waals surface area contributed by atoms with Gasteiger partial charge in [-0.2, -0.15) is 0 Å². The van der Waals surface area contributed by atoms with Crippen LogP contribution in [0.1, 0.15) is 52.9 Å². The normalized spacial score (nSPS) is 37.4. The number of hydrogen-bond acceptors (Lipinski definition) is 3. The molecule has 1 heterocycles. The average molecular weight is 308 g/mol. The summed E-state index contributed by atoms with van der Waals surface area (Å²) in [4.78, 5) is 14.7. The minimum absolute atomic E-state index is 0.253. The molecule has 3 aliphatic rings. The second-order valence-electron chi connectivity index (χ2n) is 8.29. The summed E-state index contributed by atoms with van der Waals surface area (Å²) in [5.41, 5.74) is 0.663. The highest BCUT2D eigenvalue weighted by Crippen LogP contribution is 2.65. The summed E-state index contributed by atoms with van der Waals surface area (Å²) in [6.07, 6.45) is 5.41. The Bertz CT molecular complexity index is 417. The molecule has 4 nitrogen and oxygen atoms in total. The first-order valence-electron chi connectivity index (χ1n) is 9.03. The average Bonchev–Trinajstić information content (AvgIpc) is 2.82. The highest BCUT2D eigenvalue weighted by Gasteiger charge is 2.61. The minimum Gasteiger partial charge on any atom is -0.379 e. The Balaban J connectivity index is 1.43. The lowest BCUT2D eigenvalue weighted by atomic mass is 9.69. The molecule has 2 aliphatic carbocycles. The molecule has 4 heteroatoms. The first kappa shape index (κ1) is 16.3. The molecule has 1 amide bonds. The predicted octanol–water partition coefficient (Wildman–Crippen LogP) is 2.43. The molecule has 2 saturated carbocycles. The van der Waals surface area contributed by atoms with Crippen molar-refractivity contribution >= 4 is 5.91 Å². The highest BCUT2D eigenvalue weighted by molar-refractivity contribution is 5.76. The second kappa shape index (κ2) is 6.12. The first-order chi connectivity index (χ1) is 10.4. The van der Waals surface area contributed by atoms with Crippen molar-refractivity contribution in [3.63, 3.8) is 0 Å². The van der Waals surface area contributed by atoms with E-state index in [1.54, 1.807) is 0 Å². The van der Waals surface area contributed by atoms with E-state index in [1.165, 1.54) is 19.3 Å². The van der Waals surface area contributed by atoms with E-state index >= 15 is 0 Å². The van der Waals surface area contributed by atoms with E-state index in [-0.39, 0.29) is 11.3 Å². The van der Waals surface area contributed by atoms with Gasteiger partial charge >= 0.3 is 0 Å². The molecular formula is C18H32N2O2. The van der Waals surface area contributed by atoms with Crippen LogP contribution in [0.2, 0.25) is 0 Å². The fourth-order valence-corrected chi connectivity index (χ4v) is 4.98. The lowest BCUT2D eigenvalue weighted by Gasteiger charge is -2.39.